The van der Waals surface area contributed by atoms with Gasteiger partial charge >= 0.3 is 6.09 Å². The number of ether oxygens (including phenoxy) is 2. The van der Waals surface area contributed by atoms with Crippen molar-refractivity contribution in [3.05, 3.63) is 29.3 Å². The predicted molar refractivity (Wildman–Crippen MR) is 146 cm³/mol. The summed E-state index contributed by atoms with van der Waals surface area (Å²) in [6.07, 6.45) is 0.619. The average Bonchev–Trinajstić information content (AvgIpc) is 3.14. The number of nitrogens with zero attached hydrogens (tertiary/aromatic N) is 4. The van der Waals surface area contributed by atoms with Crippen LogP contribution in [-0.4, -0.2) is 116 Å². The number of hydrogen-bond acceptors (Lipinski definition) is 9. The topological polar surface area (TPSA) is 129 Å². The molecule has 12 heteroatoms. The summed E-state index contributed by atoms with van der Waals surface area (Å²) >= 11 is 0. The van der Waals surface area contributed by atoms with Crippen LogP contribution in [0.15, 0.2) is 18.2 Å². The molecule has 5 amide bonds. The van der Waals surface area contributed by atoms with Gasteiger partial charge < -0.3 is 19.3 Å². The molecule has 218 valence electrons. The van der Waals surface area contributed by atoms with Crippen LogP contribution in [0.1, 0.15) is 60.7 Å². The second kappa shape index (κ2) is 12.3. The fourth-order valence-electron chi connectivity index (χ4n) is 5.02. The molecule has 0 aliphatic carbocycles. The molecule has 12 nitrogen and oxygen atoms in total. The van der Waals surface area contributed by atoms with E-state index in [1.807, 2.05) is 26.8 Å². The van der Waals surface area contributed by atoms with Gasteiger partial charge in [-0.25, -0.2) is 4.79 Å². The molecule has 0 saturated carbocycles. The first kappa shape index (κ1) is 29.5. The Balaban J connectivity index is 1.19. The van der Waals surface area contributed by atoms with Crippen LogP contribution in [-0.2, 0) is 19.1 Å². The van der Waals surface area contributed by atoms with Gasteiger partial charge in [-0.3, -0.25) is 34.3 Å². The van der Waals surface area contributed by atoms with Crippen molar-refractivity contribution in [2.45, 2.75) is 51.7 Å². The van der Waals surface area contributed by atoms with E-state index in [2.05, 4.69) is 15.1 Å². The molecule has 1 aromatic rings. The minimum absolute atomic E-state index is 0.0931. The quantitative estimate of drug-likeness (QED) is 0.355. The number of carbonyl (C=O) groups excluding carboxylic acids is 5. The Morgan fingerprint density at radius 2 is 1.73 bits per heavy atom. The highest BCUT2D eigenvalue weighted by Crippen LogP contribution is 2.31. The number of amides is 5. The van der Waals surface area contributed by atoms with Gasteiger partial charge in [0.25, 0.3) is 11.8 Å². The third kappa shape index (κ3) is 6.97. The second-order valence-electron chi connectivity index (χ2n) is 11.4. The van der Waals surface area contributed by atoms with Crippen molar-refractivity contribution in [1.29, 1.82) is 0 Å². The molecule has 1 unspecified atom stereocenters. The number of fused-ring (bicyclic) bond motifs is 1. The summed E-state index contributed by atoms with van der Waals surface area (Å²) in [4.78, 5) is 68.8. The van der Waals surface area contributed by atoms with Gasteiger partial charge in [0.1, 0.15) is 11.6 Å². The van der Waals surface area contributed by atoms with Crippen LogP contribution >= 0.6 is 0 Å². The van der Waals surface area contributed by atoms with E-state index in [9.17, 15) is 24.0 Å². The maximum absolute atomic E-state index is 13.1. The van der Waals surface area contributed by atoms with Crippen molar-refractivity contribution in [1.82, 2.24) is 20.0 Å². The molecule has 3 aliphatic heterocycles. The van der Waals surface area contributed by atoms with E-state index in [4.69, 9.17) is 9.47 Å². The number of piperazine rings is 1. The Bertz CT molecular complexity index is 1160. The predicted octanol–water partition coefficient (Wildman–Crippen LogP) is 1.48. The minimum Gasteiger partial charge on any atom is -0.444 e. The Kier molecular flexibility index (Phi) is 9.09. The summed E-state index contributed by atoms with van der Waals surface area (Å²) in [7, 11) is 1.72. The first-order chi connectivity index (χ1) is 18.9. The molecule has 2 saturated heterocycles. The Morgan fingerprint density at radius 3 is 2.40 bits per heavy atom. The van der Waals surface area contributed by atoms with Crippen molar-refractivity contribution in [3.63, 3.8) is 0 Å². The zero-order valence-corrected chi connectivity index (χ0v) is 23.7. The largest absolute Gasteiger partial charge is 0.444 e. The molecule has 40 heavy (non-hydrogen) atoms. The molecule has 0 aromatic heterocycles. The summed E-state index contributed by atoms with van der Waals surface area (Å²) in [6.45, 7) is 11.2. The molecule has 0 radical (unpaired) electrons. The van der Waals surface area contributed by atoms with Gasteiger partial charge in [0.05, 0.1) is 17.7 Å². The lowest BCUT2D eigenvalue weighted by atomic mass is 10.0. The highest BCUT2D eigenvalue weighted by molar-refractivity contribution is 6.23. The van der Waals surface area contributed by atoms with Crippen LogP contribution in [0.2, 0.25) is 0 Å². The van der Waals surface area contributed by atoms with Crippen molar-refractivity contribution in [3.8, 4) is 0 Å². The van der Waals surface area contributed by atoms with E-state index in [1.165, 1.54) is 0 Å². The first-order valence-electron chi connectivity index (χ1n) is 13.8. The van der Waals surface area contributed by atoms with Crippen LogP contribution in [0.4, 0.5) is 10.5 Å². The molecule has 3 heterocycles. The number of imide groups is 2. The van der Waals surface area contributed by atoms with Gasteiger partial charge in [-0.05, 0) is 51.8 Å². The molecule has 2 fully saturated rings. The SMILES string of the molecule is CN(CCCOCCN1CCN(c2ccc3c(c2)C(=O)N(C2CCC(=O)NC2=O)C3=O)CC1)C(=O)OC(C)(C)C. The van der Waals surface area contributed by atoms with E-state index < -0.39 is 35.3 Å². The number of hydrogen-bond donors (Lipinski definition) is 1. The van der Waals surface area contributed by atoms with Crippen LogP contribution in [0.3, 0.4) is 0 Å². The number of carbonyl (C=O) groups is 5. The Morgan fingerprint density at radius 1 is 1.02 bits per heavy atom. The number of nitrogens with one attached hydrogen (secondary N) is 1. The number of rotatable bonds is 9. The lowest BCUT2D eigenvalue weighted by Gasteiger charge is -2.36. The number of anilines is 1. The molecular weight excluding hydrogens is 518 g/mol. The van der Waals surface area contributed by atoms with Crippen LogP contribution in [0.5, 0.6) is 0 Å². The zero-order valence-electron chi connectivity index (χ0n) is 23.7. The van der Waals surface area contributed by atoms with Gasteiger partial charge in [0, 0.05) is 65.0 Å². The Hall–Kier alpha value is -3.51. The van der Waals surface area contributed by atoms with Crippen LogP contribution in [0, 0.1) is 0 Å². The third-order valence-corrected chi connectivity index (χ3v) is 7.20. The number of benzene rings is 1. The highest BCUT2D eigenvalue weighted by atomic mass is 16.6. The standard InChI is InChI=1S/C28H39N5O7/c1-28(2,3)40-27(38)30(4)10-5-16-39-17-15-31-11-13-32(14-12-31)19-6-7-20-21(18-19)26(37)33(25(20)36)22-8-9-23(34)29-24(22)35/h6-7,18,22H,5,8-17H2,1-4H3,(H,29,34,35). The molecule has 3 aliphatic rings. The summed E-state index contributed by atoms with van der Waals surface area (Å²) in [5.74, 6) is -2.00. The molecule has 4 rings (SSSR count). The molecule has 1 aromatic carbocycles. The lowest BCUT2D eigenvalue weighted by molar-refractivity contribution is -0.136. The van der Waals surface area contributed by atoms with Crippen LogP contribution in [0.25, 0.3) is 0 Å². The smallest absolute Gasteiger partial charge is 0.410 e. The first-order valence-corrected chi connectivity index (χ1v) is 13.8. The van der Waals surface area contributed by atoms with Gasteiger partial charge in [0.15, 0.2) is 0 Å². The average molecular weight is 558 g/mol. The maximum atomic E-state index is 13.1. The summed E-state index contributed by atoms with van der Waals surface area (Å²) in [5.41, 5.74) is 0.920. The van der Waals surface area contributed by atoms with E-state index in [0.29, 0.717) is 25.3 Å². The lowest BCUT2D eigenvalue weighted by Crippen LogP contribution is -2.54. The molecule has 1 atom stereocenters. The van der Waals surface area contributed by atoms with Gasteiger partial charge in [-0.1, -0.05) is 0 Å². The summed E-state index contributed by atoms with van der Waals surface area (Å²) in [5, 5.41) is 2.22. The Labute approximate surface area is 234 Å². The van der Waals surface area contributed by atoms with Crippen molar-refractivity contribution in [2.24, 2.45) is 0 Å². The van der Waals surface area contributed by atoms with Crippen molar-refractivity contribution in [2.75, 3.05) is 64.4 Å². The van der Waals surface area contributed by atoms with Crippen molar-refractivity contribution < 1.29 is 33.4 Å². The van der Waals surface area contributed by atoms with Gasteiger partial charge in [-0.15, -0.1) is 0 Å². The van der Waals surface area contributed by atoms with Gasteiger partial charge in [0.2, 0.25) is 11.8 Å². The molecule has 0 bridgehead atoms. The van der Waals surface area contributed by atoms with Crippen molar-refractivity contribution >= 4 is 35.4 Å². The monoisotopic (exact) mass is 557 g/mol. The maximum Gasteiger partial charge on any atom is 0.410 e. The summed E-state index contributed by atoms with van der Waals surface area (Å²) < 4.78 is 11.1. The third-order valence-electron chi connectivity index (χ3n) is 7.20. The molecular formula is C28H39N5O7. The summed E-state index contributed by atoms with van der Waals surface area (Å²) in [6, 6.07) is 4.25. The van der Waals surface area contributed by atoms with E-state index in [0.717, 1.165) is 49.7 Å². The number of piperidine rings is 1. The highest BCUT2D eigenvalue weighted by Gasteiger charge is 2.44. The van der Waals surface area contributed by atoms with E-state index in [1.54, 1.807) is 24.1 Å². The fraction of sp³-hybridized carbons (Fsp3) is 0.607. The van der Waals surface area contributed by atoms with E-state index in [-0.39, 0.29) is 24.5 Å². The van der Waals surface area contributed by atoms with E-state index >= 15 is 0 Å². The molecule has 1 N–H and O–H groups in total. The fourth-order valence-corrected chi connectivity index (χ4v) is 5.02. The van der Waals surface area contributed by atoms with Crippen LogP contribution < -0.4 is 10.2 Å². The zero-order chi connectivity index (χ0) is 29.0. The van der Waals surface area contributed by atoms with Gasteiger partial charge in [-0.2, -0.15) is 0 Å². The normalized spacial score (nSPS) is 20.1. The minimum atomic E-state index is -0.967. The second-order valence-corrected chi connectivity index (χ2v) is 11.4. The molecule has 0 spiro atoms.